The minimum atomic E-state index is -0.482. The average molecular weight is 358 g/mol. The Bertz CT molecular complexity index is 849. The lowest BCUT2D eigenvalue weighted by molar-refractivity contribution is -0.117. The van der Waals surface area contributed by atoms with Crippen LogP contribution in [-0.2, 0) is 4.79 Å². The predicted molar refractivity (Wildman–Crippen MR) is 101 cm³/mol. The van der Waals surface area contributed by atoms with Crippen molar-refractivity contribution in [3.8, 4) is 16.9 Å². The quantitative estimate of drug-likeness (QED) is 0.467. The Morgan fingerprint density at radius 2 is 1.92 bits per heavy atom. The number of anilines is 1. The minimum absolute atomic E-state index is 0.0480. The number of para-hydroxylation sites is 1. The second-order valence-electron chi connectivity index (χ2n) is 5.70. The fraction of sp³-hybridized carbons (Fsp3) is 0.211. The third kappa shape index (κ3) is 3.88. The van der Waals surface area contributed by atoms with Gasteiger partial charge in [-0.2, -0.15) is 0 Å². The Morgan fingerprint density at radius 3 is 2.54 bits per heavy atom. The molecule has 6 nitrogen and oxygen atoms in total. The molecule has 0 aliphatic heterocycles. The first-order valence-corrected chi connectivity index (χ1v) is 8.16. The Hall–Kier alpha value is -3.22. The first-order valence-electron chi connectivity index (χ1n) is 8.16. The molecule has 0 radical (unpaired) electrons. The van der Waals surface area contributed by atoms with Crippen LogP contribution >= 0.6 is 0 Å². The van der Waals surface area contributed by atoms with Crippen molar-refractivity contribution in [2.24, 2.45) is 11.5 Å². The van der Waals surface area contributed by atoms with Crippen molar-refractivity contribution in [1.29, 1.82) is 0 Å². The molecular weight excluding hydrogens is 335 g/mol. The fourth-order valence-corrected chi connectivity index (χ4v) is 2.48. The van der Waals surface area contributed by atoms with Gasteiger partial charge >= 0.3 is 0 Å². The van der Waals surface area contributed by atoms with Crippen LogP contribution in [0.15, 0.2) is 42.1 Å². The van der Waals surface area contributed by atoms with Gasteiger partial charge in [-0.3, -0.25) is 4.79 Å². The van der Waals surface area contributed by atoms with Gasteiger partial charge in [0.1, 0.15) is 17.3 Å². The number of hydrogen-bond acceptors (Lipinski definition) is 5. The molecular formula is C19H23FN4O2. The van der Waals surface area contributed by atoms with Crippen molar-refractivity contribution in [2.75, 3.05) is 19.4 Å². The zero-order valence-corrected chi connectivity index (χ0v) is 14.8. The summed E-state index contributed by atoms with van der Waals surface area (Å²) in [6.45, 7) is 2.41. The number of rotatable bonds is 6. The molecule has 0 aliphatic carbocycles. The van der Waals surface area contributed by atoms with E-state index in [9.17, 15) is 9.18 Å². The van der Waals surface area contributed by atoms with Crippen LogP contribution < -0.4 is 27.3 Å². The van der Waals surface area contributed by atoms with Gasteiger partial charge in [0, 0.05) is 35.0 Å². The van der Waals surface area contributed by atoms with Crippen molar-refractivity contribution in [2.45, 2.75) is 13.3 Å². The molecule has 2 aromatic rings. The van der Waals surface area contributed by atoms with E-state index in [1.165, 1.54) is 13.2 Å². The molecule has 1 amide bonds. The number of amides is 1. The highest BCUT2D eigenvalue weighted by Gasteiger charge is 2.17. The summed E-state index contributed by atoms with van der Waals surface area (Å²) in [7, 11) is 1.46. The summed E-state index contributed by atoms with van der Waals surface area (Å²) in [4.78, 5) is 12.0. The highest BCUT2D eigenvalue weighted by molar-refractivity contribution is 6.01. The maximum atomic E-state index is 14.4. The molecule has 0 saturated carbocycles. The average Bonchev–Trinajstić information content (AvgIpc) is 2.65. The van der Waals surface area contributed by atoms with Crippen LogP contribution in [0.1, 0.15) is 18.9 Å². The van der Waals surface area contributed by atoms with E-state index in [1.54, 1.807) is 30.3 Å². The lowest BCUT2D eigenvalue weighted by atomic mass is 9.97. The highest BCUT2D eigenvalue weighted by atomic mass is 19.1. The van der Waals surface area contributed by atoms with Gasteiger partial charge in [-0.15, -0.1) is 0 Å². The highest BCUT2D eigenvalue weighted by Crippen LogP contribution is 2.34. The maximum Gasteiger partial charge on any atom is 0.269 e. The second kappa shape index (κ2) is 8.24. The molecule has 7 heteroatoms. The molecule has 7 N–H and O–H groups in total. The van der Waals surface area contributed by atoms with E-state index >= 15 is 0 Å². The van der Waals surface area contributed by atoms with Crippen molar-refractivity contribution >= 4 is 17.3 Å². The standard InChI is InChI=1S/C19H23FN4O2/c1-3-9-24-19(25)18(23)17(22)14-6-4-5-13(16(14)21)12-8-7-11(26-2)10-15(12)20/h4-8,10H,3,9,21-23H2,1-2H3,(H,24,25)/b18-17+. The van der Waals surface area contributed by atoms with Crippen LogP contribution in [0.3, 0.4) is 0 Å². The minimum Gasteiger partial charge on any atom is -0.497 e. The SMILES string of the molecule is CCCNC(=O)/C(N)=C(\N)c1cccc(-c2ccc(OC)cc2F)c1N. The molecule has 0 saturated heterocycles. The number of halogens is 1. The third-order valence-electron chi connectivity index (χ3n) is 3.93. The molecule has 0 unspecified atom stereocenters. The van der Waals surface area contributed by atoms with E-state index in [2.05, 4.69) is 5.32 Å². The van der Waals surface area contributed by atoms with Crippen LogP contribution in [0.25, 0.3) is 16.8 Å². The maximum absolute atomic E-state index is 14.4. The fourth-order valence-electron chi connectivity index (χ4n) is 2.48. The Kier molecular flexibility index (Phi) is 6.06. The van der Waals surface area contributed by atoms with Gasteiger partial charge in [-0.25, -0.2) is 4.39 Å². The lowest BCUT2D eigenvalue weighted by Gasteiger charge is -2.14. The van der Waals surface area contributed by atoms with Crippen LogP contribution in [0.5, 0.6) is 5.75 Å². The largest absolute Gasteiger partial charge is 0.497 e. The zero-order valence-electron chi connectivity index (χ0n) is 14.8. The molecule has 138 valence electrons. The van der Waals surface area contributed by atoms with Crippen LogP contribution in [0.2, 0.25) is 0 Å². The molecule has 26 heavy (non-hydrogen) atoms. The number of nitrogens with one attached hydrogen (secondary N) is 1. The van der Waals surface area contributed by atoms with Gasteiger partial charge in [0.15, 0.2) is 0 Å². The normalized spacial score (nSPS) is 11.7. The first kappa shape index (κ1) is 19.1. The molecule has 0 bridgehead atoms. The number of ether oxygens (including phenoxy) is 1. The smallest absolute Gasteiger partial charge is 0.269 e. The summed E-state index contributed by atoms with van der Waals surface area (Å²) < 4.78 is 19.4. The van der Waals surface area contributed by atoms with Gasteiger partial charge in [0.2, 0.25) is 0 Å². The van der Waals surface area contributed by atoms with E-state index in [0.29, 0.717) is 29.0 Å². The number of carbonyl (C=O) groups excluding carboxylic acids is 1. The van der Waals surface area contributed by atoms with E-state index < -0.39 is 11.7 Å². The molecule has 0 fully saturated rings. The molecule has 0 heterocycles. The van der Waals surface area contributed by atoms with Crippen molar-refractivity contribution < 1.29 is 13.9 Å². The van der Waals surface area contributed by atoms with Gasteiger partial charge in [0.05, 0.1) is 12.8 Å². The summed E-state index contributed by atoms with van der Waals surface area (Å²) in [5, 5.41) is 2.65. The summed E-state index contributed by atoms with van der Waals surface area (Å²) >= 11 is 0. The summed E-state index contributed by atoms with van der Waals surface area (Å²) in [6.07, 6.45) is 0.771. The Labute approximate surface area is 151 Å². The van der Waals surface area contributed by atoms with Crippen molar-refractivity contribution in [3.63, 3.8) is 0 Å². The number of carbonyl (C=O) groups is 1. The summed E-state index contributed by atoms with van der Waals surface area (Å²) in [5.41, 5.74) is 19.4. The molecule has 0 spiro atoms. The molecule has 2 rings (SSSR count). The van der Waals surface area contributed by atoms with Gasteiger partial charge in [-0.1, -0.05) is 25.1 Å². The summed E-state index contributed by atoms with van der Waals surface area (Å²) in [6, 6.07) is 9.46. The van der Waals surface area contributed by atoms with E-state index in [1.807, 2.05) is 6.92 Å². The second-order valence-corrected chi connectivity index (χ2v) is 5.70. The number of hydrogen-bond donors (Lipinski definition) is 4. The van der Waals surface area contributed by atoms with Gasteiger partial charge in [-0.05, 0) is 18.6 Å². The number of nitrogens with two attached hydrogens (primary N) is 3. The Morgan fingerprint density at radius 1 is 1.19 bits per heavy atom. The summed E-state index contributed by atoms with van der Waals surface area (Å²) in [5.74, 6) is -0.550. The number of nitrogen functional groups attached to an aromatic ring is 1. The molecule has 2 aromatic carbocycles. The van der Waals surface area contributed by atoms with Gasteiger partial charge < -0.3 is 27.3 Å². The van der Waals surface area contributed by atoms with E-state index in [-0.39, 0.29) is 17.1 Å². The zero-order chi connectivity index (χ0) is 19.3. The van der Waals surface area contributed by atoms with Crippen LogP contribution in [0, 0.1) is 5.82 Å². The van der Waals surface area contributed by atoms with Crippen LogP contribution in [-0.4, -0.2) is 19.6 Å². The Balaban J connectivity index is 2.48. The van der Waals surface area contributed by atoms with Crippen LogP contribution in [0.4, 0.5) is 10.1 Å². The number of benzene rings is 2. The lowest BCUT2D eigenvalue weighted by Crippen LogP contribution is -2.31. The van der Waals surface area contributed by atoms with Crippen molar-refractivity contribution in [1.82, 2.24) is 5.32 Å². The number of methoxy groups -OCH3 is 1. The van der Waals surface area contributed by atoms with Crippen molar-refractivity contribution in [3.05, 3.63) is 53.5 Å². The van der Waals surface area contributed by atoms with Gasteiger partial charge in [0.25, 0.3) is 5.91 Å². The molecule has 0 atom stereocenters. The predicted octanol–water partition coefficient (Wildman–Crippen LogP) is 2.20. The molecule has 0 aliphatic rings. The van der Waals surface area contributed by atoms with E-state index in [0.717, 1.165) is 6.42 Å². The first-order chi connectivity index (χ1) is 12.4. The monoisotopic (exact) mass is 358 g/mol. The topological polar surface area (TPSA) is 116 Å². The molecule has 0 aromatic heterocycles. The van der Waals surface area contributed by atoms with E-state index in [4.69, 9.17) is 21.9 Å². The third-order valence-corrected chi connectivity index (χ3v) is 3.93.